The fourth-order valence-corrected chi connectivity index (χ4v) is 2.15. The van der Waals surface area contributed by atoms with E-state index >= 15 is 0 Å². The second kappa shape index (κ2) is 7.60. The van der Waals surface area contributed by atoms with E-state index in [-0.39, 0.29) is 23.0 Å². The van der Waals surface area contributed by atoms with Crippen LogP contribution >= 0.6 is 24.0 Å². The van der Waals surface area contributed by atoms with Crippen molar-refractivity contribution in [1.29, 1.82) is 0 Å². The van der Waals surface area contributed by atoms with Crippen molar-refractivity contribution in [2.45, 2.75) is 18.6 Å². The van der Waals surface area contributed by atoms with Crippen LogP contribution in [0.4, 0.5) is 4.39 Å². The molecular weight excluding hydrogens is 300 g/mol. The Morgan fingerprint density at radius 1 is 1.10 bits per heavy atom. The Bertz CT molecular complexity index is 551. The van der Waals surface area contributed by atoms with Crippen molar-refractivity contribution in [2.24, 2.45) is 5.73 Å². The molecule has 0 radical (unpaired) electrons. The quantitative estimate of drug-likeness (QED) is 0.907. The Balaban J connectivity index is 0.00000200. The van der Waals surface area contributed by atoms with Gasteiger partial charge >= 0.3 is 0 Å². The molecule has 0 spiro atoms. The van der Waals surface area contributed by atoms with Gasteiger partial charge in [0.1, 0.15) is 5.82 Å². The zero-order valence-corrected chi connectivity index (χ0v) is 12.2. The van der Waals surface area contributed by atoms with E-state index in [2.05, 4.69) is 0 Å². The molecule has 108 valence electrons. The van der Waals surface area contributed by atoms with Crippen LogP contribution in [0.2, 0.25) is 5.02 Å². The summed E-state index contributed by atoms with van der Waals surface area (Å²) in [5.74, 6) is -0.566. The van der Waals surface area contributed by atoms with Crippen molar-refractivity contribution >= 4 is 24.0 Å². The van der Waals surface area contributed by atoms with Gasteiger partial charge in [0.2, 0.25) is 0 Å². The van der Waals surface area contributed by atoms with E-state index < -0.39 is 18.0 Å². The summed E-state index contributed by atoms with van der Waals surface area (Å²) >= 11 is 5.71. The van der Waals surface area contributed by atoms with Crippen molar-refractivity contribution in [3.63, 3.8) is 0 Å². The molecule has 0 heterocycles. The third-order valence-corrected chi connectivity index (χ3v) is 3.33. The summed E-state index contributed by atoms with van der Waals surface area (Å²) in [6.45, 7) is 0. The van der Waals surface area contributed by atoms with Gasteiger partial charge in [0.15, 0.2) is 0 Å². The zero-order valence-electron chi connectivity index (χ0n) is 10.7. The molecule has 2 atom stereocenters. The second-order valence-electron chi connectivity index (χ2n) is 4.43. The molecule has 0 fully saturated rings. The highest BCUT2D eigenvalue weighted by Crippen LogP contribution is 2.25. The zero-order chi connectivity index (χ0) is 13.8. The van der Waals surface area contributed by atoms with E-state index in [0.717, 1.165) is 5.56 Å². The SMILES string of the molecule is Cl.N[C@@H](c1cccc(Cl)c1F)[C@H](O)Cc1ccccc1. The van der Waals surface area contributed by atoms with Crippen LogP contribution < -0.4 is 5.73 Å². The van der Waals surface area contributed by atoms with Crippen LogP contribution in [0, 0.1) is 5.82 Å². The molecule has 2 aromatic carbocycles. The summed E-state index contributed by atoms with van der Waals surface area (Å²) in [5.41, 5.74) is 7.09. The van der Waals surface area contributed by atoms with Gasteiger partial charge in [-0.05, 0) is 11.6 Å². The molecule has 0 aliphatic heterocycles. The summed E-state index contributed by atoms with van der Waals surface area (Å²) in [4.78, 5) is 0. The molecule has 0 amide bonds. The van der Waals surface area contributed by atoms with Gasteiger partial charge in [-0.25, -0.2) is 4.39 Å². The van der Waals surface area contributed by atoms with Crippen LogP contribution in [0.5, 0.6) is 0 Å². The molecule has 2 rings (SSSR count). The largest absolute Gasteiger partial charge is 0.391 e. The number of aliphatic hydroxyl groups is 1. The van der Waals surface area contributed by atoms with Crippen molar-refractivity contribution in [1.82, 2.24) is 0 Å². The molecule has 20 heavy (non-hydrogen) atoms. The van der Waals surface area contributed by atoms with Gasteiger partial charge < -0.3 is 10.8 Å². The van der Waals surface area contributed by atoms with Crippen LogP contribution in [0.1, 0.15) is 17.2 Å². The molecule has 0 saturated heterocycles. The van der Waals surface area contributed by atoms with Gasteiger partial charge in [0.25, 0.3) is 0 Å². The number of halogens is 3. The minimum Gasteiger partial charge on any atom is -0.391 e. The van der Waals surface area contributed by atoms with Crippen LogP contribution in [-0.2, 0) is 6.42 Å². The number of nitrogens with two attached hydrogens (primary N) is 1. The maximum absolute atomic E-state index is 13.8. The van der Waals surface area contributed by atoms with Crippen LogP contribution in [-0.4, -0.2) is 11.2 Å². The first-order chi connectivity index (χ1) is 9.09. The van der Waals surface area contributed by atoms with E-state index in [1.165, 1.54) is 6.07 Å². The predicted molar refractivity (Wildman–Crippen MR) is 81.7 cm³/mol. The van der Waals surface area contributed by atoms with Gasteiger partial charge in [-0.3, -0.25) is 0 Å². The highest BCUT2D eigenvalue weighted by atomic mass is 35.5. The minimum atomic E-state index is -0.865. The van der Waals surface area contributed by atoms with E-state index in [9.17, 15) is 9.50 Å². The first-order valence-corrected chi connectivity index (χ1v) is 6.39. The summed E-state index contributed by atoms with van der Waals surface area (Å²) in [5, 5.41) is 10.1. The third-order valence-electron chi connectivity index (χ3n) is 3.04. The number of hydrogen-bond acceptors (Lipinski definition) is 2. The Morgan fingerprint density at radius 2 is 1.75 bits per heavy atom. The van der Waals surface area contributed by atoms with Gasteiger partial charge in [-0.2, -0.15) is 0 Å². The lowest BCUT2D eigenvalue weighted by atomic mass is 9.96. The van der Waals surface area contributed by atoms with Crippen molar-refractivity contribution < 1.29 is 9.50 Å². The molecular formula is C15H16Cl2FNO. The summed E-state index contributed by atoms with van der Waals surface area (Å²) < 4.78 is 13.8. The fourth-order valence-electron chi connectivity index (χ4n) is 1.97. The first kappa shape index (κ1) is 16.9. The Kier molecular flexibility index (Phi) is 6.43. The summed E-state index contributed by atoms with van der Waals surface area (Å²) in [6.07, 6.45) is -0.496. The van der Waals surface area contributed by atoms with Gasteiger partial charge in [0.05, 0.1) is 17.2 Å². The Morgan fingerprint density at radius 3 is 2.40 bits per heavy atom. The third kappa shape index (κ3) is 3.93. The molecule has 5 heteroatoms. The van der Waals surface area contributed by atoms with Gasteiger partial charge in [-0.1, -0.05) is 54.1 Å². The maximum Gasteiger partial charge on any atom is 0.146 e. The summed E-state index contributed by atoms with van der Waals surface area (Å²) in [7, 11) is 0. The lowest BCUT2D eigenvalue weighted by Crippen LogP contribution is -2.29. The molecule has 0 aromatic heterocycles. The topological polar surface area (TPSA) is 46.2 Å². The second-order valence-corrected chi connectivity index (χ2v) is 4.83. The Hall–Kier alpha value is -1.13. The molecule has 3 N–H and O–H groups in total. The maximum atomic E-state index is 13.8. The lowest BCUT2D eigenvalue weighted by molar-refractivity contribution is 0.143. The highest BCUT2D eigenvalue weighted by Gasteiger charge is 2.21. The van der Waals surface area contributed by atoms with Crippen molar-refractivity contribution in [3.8, 4) is 0 Å². The Labute approximate surface area is 128 Å². The molecule has 2 aromatic rings. The van der Waals surface area contributed by atoms with E-state index in [0.29, 0.717) is 6.42 Å². The molecule has 0 aliphatic carbocycles. The van der Waals surface area contributed by atoms with Crippen LogP contribution in [0.15, 0.2) is 48.5 Å². The number of benzene rings is 2. The van der Waals surface area contributed by atoms with Crippen molar-refractivity contribution in [2.75, 3.05) is 0 Å². The minimum absolute atomic E-state index is 0. The molecule has 0 bridgehead atoms. The van der Waals surface area contributed by atoms with Crippen molar-refractivity contribution in [3.05, 3.63) is 70.5 Å². The number of rotatable bonds is 4. The van der Waals surface area contributed by atoms with Gasteiger partial charge in [0, 0.05) is 12.0 Å². The smallest absolute Gasteiger partial charge is 0.146 e. The average Bonchev–Trinajstić information content (AvgIpc) is 2.42. The highest BCUT2D eigenvalue weighted by molar-refractivity contribution is 6.30. The first-order valence-electron chi connectivity index (χ1n) is 6.01. The lowest BCUT2D eigenvalue weighted by Gasteiger charge is -2.20. The fraction of sp³-hybridized carbons (Fsp3) is 0.200. The number of hydrogen-bond donors (Lipinski definition) is 2. The standard InChI is InChI=1S/C15H15ClFNO.ClH/c16-12-8-4-7-11(14(12)17)15(18)13(19)9-10-5-2-1-3-6-10;/h1-8,13,15,19H,9,18H2;1H/t13-,15+;/m1./s1. The summed E-state index contributed by atoms with van der Waals surface area (Å²) in [6, 6.07) is 13.3. The van der Waals surface area contributed by atoms with E-state index in [1.807, 2.05) is 30.3 Å². The van der Waals surface area contributed by atoms with Crippen LogP contribution in [0.25, 0.3) is 0 Å². The molecule has 0 unspecified atom stereocenters. The number of aliphatic hydroxyl groups excluding tert-OH is 1. The normalized spacial score (nSPS) is 13.4. The predicted octanol–water partition coefficient (Wildman–Crippen LogP) is 3.50. The molecule has 0 aliphatic rings. The van der Waals surface area contributed by atoms with Crippen LogP contribution in [0.3, 0.4) is 0 Å². The molecule has 0 saturated carbocycles. The van der Waals surface area contributed by atoms with E-state index in [4.69, 9.17) is 17.3 Å². The molecule has 2 nitrogen and oxygen atoms in total. The monoisotopic (exact) mass is 315 g/mol. The van der Waals surface area contributed by atoms with Gasteiger partial charge in [-0.15, -0.1) is 12.4 Å². The van der Waals surface area contributed by atoms with E-state index in [1.54, 1.807) is 12.1 Å². The average molecular weight is 316 g/mol.